The molecule has 5 nitrogen and oxygen atoms in total. The first-order valence-electron chi connectivity index (χ1n) is 5.80. The van der Waals surface area contributed by atoms with Crippen LogP contribution in [0.3, 0.4) is 0 Å². The van der Waals surface area contributed by atoms with Crippen molar-refractivity contribution < 1.29 is 13.2 Å². The summed E-state index contributed by atoms with van der Waals surface area (Å²) in [6.07, 6.45) is 0.834. The molecule has 18 heavy (non-hydrogen) atoms. The molecule has 0 aromatic heterocycles. The predicted molar refractivity (Wildman–Crippen MR) is 70.9 cm³/mol. The highest BCUT2D eigenvalue weighted by Gasteiger charge is 2.29. The van der Waals surface area contributed by atoms with E-state index in [0.29, 0.717) is 17.8 Å². The van der Waals surface area contributed by atoms with Crippen molar-refractivity contribution in [1.29, 1.82) is 0 Å². The highest BCUT2D eigenvalue weighted by Crippen LogP contribution is 2.22. The maximum Gasteiger partial charge on any atom is 0.224 e. The van der Waals surface area contributed by atoms with Gasteiger partial charge in [-0.1, -0.05) is 0 Å². The Hall–Kier alpha value is -1.56. The van der Waals surface area contributed by atoms with Gasteiger partial charge in [0.1, 0.15) is 0 Å². The van der Waals surface area contributed by atoms with E-state index < -0.39 is 9.84 Å². The maximum atomic E-state index is 11.7. The van der Waals surface area contributed by atoms with Crippen molar-refractivity contribution in [2.24, 2.45) is 5.92 Å². The largest absolute Gasteiger partial charge is 0.399 e. The third-order valence-electron chi connectivity index (χ3n) is 3.00. The van der Waals surface area contributed by atoms with E-state index >= 15 is 0 Å². The molecule has 1 aliphatic rings. The minimum absolute atomic E-state index is 0.0521. The molecule has 1 unspecified atom stereocenters. The van der Waals surface area contributed by atoms with Crippen LogP contribution in [0.15, 0.2) is 24.3 Å². The minimum Gasteiger partial charge on any atom is -0.399 e. The van der Waals surface area contributed by atoms with E-state index in [-0.39, 0.29) is 29.8 Å². The molecule has 1 amide bonds. The molecule has 1 atom stereocenters. The molecule has 0 bridgehead atoms. The number of amides is 1. The van der Waals surface area contributed by atoms with Gasteiger partial charge in [-0.2, -0.15) is 0 Å². The zero-order valence-corrected chi connectivity index (χ0v) is 10.7. The van der Waals surface area contributed by atoms with Gasteiger partial charge in [0.15, 0.2) is 9.84 Å². The fraction of sp³-hybridized carbons (Fsp3) is 0.417. The number of nitrogens with two attached hydrogens (primary N) is 1. The summed E-state index contributed by atoms with van der Waals surface area (Å²) in [5.41, 5.74) is 6.85. The second-order valence-electron chi connectivity index (χ2n) is 4.64. The minimum atomic E-state index is -2.92. The first-order chi connectivity index (χ1) is 8.44. The van der Waals surface area contributed by atoms with Crippen LogP contribution in [0.25, 0.3) is 0 Å². The summed E-state index contributed by atoms with van der Waals surface area (Å²) in [6.45, 7) is 0. The molecule has 0 aliphatic carbocycles. The van der Waals surface area contributed by atoms with E-state index in [1.165, 1.54) is 0 Å². The Balaban J connectivity index is 1.88. The van der Waals surface area contributed by atoms with Crippen LogP contribution in [0, 0.1) is 5.92 Å². The van der Waals surface area contributed by atoms with Crippen molar-refractivity contribution in [3.63, 3.8) is 0 Å². The van der Waals surface area contributed by atoms with E-state index in [1.54, 1.807) is 24.3 Å². The Labute approximate surface area is 106 Å². The molecule has 6 heteroatoms. The Morgan fingerprint density at radius 3 is 2.56 bits per heavy atom. The summed E-state index contributed by atoms with van der Waals surface area (Å²) in [7, 11) is -2.92. The molecule has 1 aromatic rings. The van der Waals surface area contributed by atoms with Crippen LogP contribution in [-0.4, -0.2) is 25.8 Å². The lowest BCUT2D eigenvalue weighted by Crippen LogP contribution is -2.17. The van der Waals surface area contributed by atoms with Gasteiger partial charge >= 0.3 is 0 Å². The zero-order valence-electron chi connectivity index (χ0n) is 9.93. The van der Waals surface area contributed by atoms with Gasteiger partial charge in [0.05, 0.1) is 11.5 Å². The van der Waals surface area contributed by atoms with Crippen LogP contribution in [0.1, 0.15) is 12.8 Å². The number of hydrogen-bond donors (Lipinski definition) is 2. The molecule has 98 valence electrons. The van der Waals surface area contributed by atoms with Gasteiger partial charge in [-0.15, -0.1) is 0 Å². The second kappa shape index (κ2) is 4.97. The molecule has 1 fully saturated rings. The molecule has 0 spiro atoms. The van der Waals surface area contributed by atoms with Crippen molar-refractivity contribution in [3.05, 3.63) is 24.3 Å². The summed E-state index contributed by atoms with van der Waals surface area (Å²) in [6, 6.07) is 6.85. The first-order valence-corrected chi connectivity index (χ1v) is 7.62. The lowest BCUT2D eigenvalue weighted by molar-refractivity contribution is -0.116. The van der Waals surface area contributed by atoms with Gasteiger partial charge in [0.25, 0.3) is 0 Å². The topological polar surface area (TPSA) is 89.3 Å². The molecule has 0 saturated carbocycles. The van der Waals surface area contributed by atoms with Gasteiger partial charge in [0.2, 0.25) is 5.91 Å². The molecule has 2 rings (SSSR count). The average Bonchev–Trinajstić information content (AvgIpc) is 2.61. The fourth-order valence-corrected chi connectivity index (χ4v) is 3.94. The van der Waals surface area contributed by atoms with Gasteiger partial charge in [-0.25, -0.2) is 8.42 Å². The van der Waals surface area contributed by atoms with Crippen LogP contribution in [0.5, 0.6) is 0 Å². The standard InChI is InChI=1S/C12H16N2O3S/c13-10-1-3-11(4-2-10)14-12(15)7-9-5-6-18(16,17)8-9/h1-4,9H,5-8,13H2,(H,14,15). The number of sulfone groups is 1. The second-order valence-corrected chi connectivity index (χ2v) is 6.87. The smallest absolute Gasteiger partial charge is 0.224 e. The summed E-state index contributed by atoms with van der Waals surface area (Å²) >= 11 is 0. The summed E-state index contributed by atoms with van der Waals surface area (Å²) in [5, 5.41) is 2.73. The highest BCUT2D eigenvalue weighted by atomic mass is 32.2. The number of nitrogen functional groups attached to an aromatic ring is 1. The van der Waals surface area contributed by atoms with E-state index in [4.69, 9.17) is 5.73 Å². The maximum absolute atomic E-state index is 11.7. The monoisotopic (exact) mass is 268 g/mol. The van der Waals surface area contributed by atoms with Gasteiger partial charge in [0, 0.05) is 17.8 Å². The van der Waals surface area contributed by atoms with Gasteiger partial charge in [-0.05, 0) is 36.6 Å². The van der Waals surface area contributed by atoms with Crippen molar-refractivity contribution in [2.45, 2.75) is 12.8 Å². The number of carbonyl (C=O) groups excluding carboxylic acids is 1. The molecular weight excluding hydrogens is 252 g/mol. The zero-order chi connectivity index (χ0) is 13.2. The fourth-order valence-electron chi connectivity index (χ4n) is 2.07. The average molecular weight is 268 g/mol. The van der Waals surface area contributed by atoms with E-state index in [1.807, 2.05) is 0 Å². The normalized spacial score (nSPS) is 21.7. The third-order valence-corrected chi connectivity index (χ3v) is 4.83. The number of carbonyl (C=O) groups is 1. The Morgan fingerprint density at radius 1 is 1.33 bits per heavy atom. The Morgan fingerprint density at radius 2 is 2.00 bits per heavy atom. The van der Waals surface area contributed by atoms with Crippen molar-refractivity contribution in [2.75, 3.05) is 22.6 Å². The van der Waals surface area contributed by atoms with E-state index in [2.05, 4.69) is 5.32 Å². The van der Waals surface area contributed by atoms with Crippen molar-refractivity contribution >= 4 is 27.1 Å². The molecule has 3 N–H and O–H groups in total. The molecule has 1 saturated heterocycles. The summed E-state index contributed by atoms with van der Waals surface area (Å²) < 4.78 is 22.5. The molecule has 0 radical (unpaired) electrons. The van der Waals surface area contributed by atoms with Crippen LogP contribution in [0.4, 0.5) is 11.4 Å². The first kappa shape index (κ1) is 12.9. The number of hydrogen-bond acceptors (Lipinski definition) is 4. The quantitative estimate of drug-likeness (QED) is 0.801. The van der Waals surface area contributed by atoms with Crippen molar-refractivity contribution in [3.8, 4) is 0 Å². The van der Waals surface area contributed by atoms with E-state index in [9.17, 15) is 13.2 Å². The van der Waals surface area contributed by atoms with Gasteiger partial charge in [-0.3, -0.25) is 4.79 Å². The highest BCUT2D eigenvalue weighted by molar-refractivity contribution is 7.91. The van der Waals surface area contributed by atoms with E-state index in [0.717, 1.165) is 0 Å². The van der Waals surface area contributed by atoms with Crippen LogP contribution < -0.4 is 11.1 Å². The Bertz CT molecular complexity index is 537. The SMILES string of the molecule is Nc1ccc(NC(=O)CC2CCS(=O)(=O)C2)cc1. The van der Waals surface area contributed by atoms with Crippen LogP contribution in [-0.2, 0) is 14.6 Å². The molecule has 1 aromatic carbocycles. The number of anilines is 2. The van der Waals surface area contributed by atoms with Crippen molar-refractivity contribution in [1.82, 2.24) is 0 Å². The molecular formula is C12H16N2O3S. The molecule has 1 heterocycles. The summed E-state index contributed by atoms with van der Waals surface area (Å²) in [5.74, 6) is 0.125. The Kier molecular flexibility index (Phi) is 3.56. The summed E-state index contributed by atoms with van der Waals surface area (Å²) in [4.78, 5) is 11.7. The number of benzene rings is 1. The predicted octanol–water partition coefficient (Wildman–Crippen LogP) is 1.03. The lowest BCUT2D eigenvalue weighted by Gasteiger charge is -2.08. The van der Waals surface area contributed by atoms with Gasteiger partial charge < -0.3 is 11.1 Å². The van der Waals surface area contributed by atoms with Crippen LogP contribution >= 0.6 is 0 Å². The molecule has 1 aliphatic heterocycles. The van der Waals surface area contributed by atoms with Crippen LogP contribution in [0.2, 0.25) is 0 Å². The lowest BCUT2D eigenvalue weighted by atomic mass is 10.1. The number of rotatable bonds is 3. The number of nitrogens with one attached hydrogen (secondary N) is 1. The third kappa shape index (κ3) is 3.46.